The minimum atomic E-state index is -0.528. The molecule has 3 nitrogen and oxygen atoms in total. The first-order valence-electron chi connectivity index (χ1n) is 7.99. The van der Waals surface area contributed by atoms with Gasteiger partial charge in [-0.05, 0) is 42.8 Å². The first-order valence-corrected chi connectivity index (χ1v) is 8.81. The largest absolute Gasteiger partial charge is 0.438 e. The third-order valence-corrected chi connectivity index (χ3v) is 5.87. The second-order valence-corrected chi connectivity index (χ2v) is 7.22. The molecule has 0 aliphatic heterocycles. The molecular weight excluding hydrogens is 335 g/mol. The zero-order chi connectivity index (χ0) is 17.1. The normalized spacial score (nSPS) is 11.8. The third kappa shape index (κ3) is 2.09. The number of nitrogens with zero attached hydrogens (tertiary/aromatic N) is 2. The predicted molar refractivity (Wildman–Crippen MR) is 98.2 cm³/mol. The number of para-hydroxylation sites is 1. The highest BCUT2D eigenvalue weighted by Crippen LogP contribution is 2.36. The fourth-order valence-corrected chi connectivity index (χ4v) is 4.58. The number of aromatic nitrogens is 2. The van der Waals surface area contributed by atoms with E-state index in [9.17, 15) is 4.39 Å². The van der Waals surface area contributed by atoms with Crippen LogP contribution in [0.5, 0.6) is 0 Å². The molecule has 0 bridgehead atoms. The molecule has 2 aromatic carbocycles. The number of halogens is 1. The van der Waals surface area contributed by atoms with Crippen LogP contribution in [0.15, 0.2) is 52.9 Å². The summed E-state index contributed by atoms with van der Waals surface area (Å²) in [6, 6.07) is 15.6. The summed E-state index contributed by atoms with van der Waals surface area (Å²) in [4.78, 5) is 3.86. The van der Waals surface area contributed by atoms with E-state index in [1.807, 2.05) is 6.07 Å². The van der Waals surface area contributed by atoms with Crippen molar-refractivity contribution in [2.24, 2.45) is 7.05 Å². The van der Waals surface area contributed by atoms with Crippen LogP contribution in [0.4, 0.5) is 4.39 Å². The van der Waals surface area contributed by atoms with Crippen LogP contribution in [-0.2, 0) is 7.05 Å². The van der Waals surface area contributed by atoms with Crippen molar-refractivity contribution in [2.45, 2.75) is 6.92 Å². The molecule has 0 saturated carbocycles. The van der Waals surface area contributed by atoms with Crippen LogP contribution in [0, 0.1) is 12.9 Å². The number of thiazole rings is 1. The molecule has 5 heteroatoms. The summed E-state index contributed by atoms with van der Waals surface area (Å²) in [5.41, 5.74) is 4.56. The summed E-state index contributed by atoms with van der Waals surface area (Å²) in [7, 11) is 2.09. The van der Waals surface area contributed by atoms with E-state index in [4.69, 9.17) is 4.42 Å². The van der Waals surface area contributed by atoms with Crippen molar-refractivity contribution in [3.8, 4) is 10.6 Å². The molecule has 3 aromatic heterocycles. The molecule has 3 heterocycles. The zero-order valence-corrected chi connectivity index (χ0v) is 14.5. The van der Waals surface area contributed by atoms with Crippen molar-refractivity contribution in [2.75, 3.05) is 0 Å². The highest BCUT2D eigenvalue weighted by Gasteiger charge is 2.22. The standard InChI is InChI=1S/C20H14FN2OS/c1-11-9-16-14(12-7-8-18(21)22-19(12)24-16)10-13(11)20-23(2)15-5-3-4-6-17(15)25-20/h3-10H,1-2H3/q+1. The molecule has 0 atom stereocenters. The SMILES string of the molecule is Cc1cc2oc3nc(F)ccc3c2cc1-c1sc2ccccc2[n+]1C. The van der Waals surface area contributed by atoms with Gasteiger partial charge < -0.3 is 4.42 Å². The van der Waals surface area contributed by atoms with E-state index in [-0.39, 0.29) is 0 Å². The molecule has 0 aliphatic rings. The van der Waals surface area contributed by atoms with Gasteiger partial charge in [0.05, 0.1) is 5.56 Å². The quantitative estimate of drug-likeness (QED) is 0.310. The van der Waals surface area contributed by atoms with E-state index in [1.165, 1.54) is 21.3 Å². The Morgan fingerprint density at radius 1 is 1.08 bits per heavy atom. The van der Waals surface area contributed by atoms with Crippen LogP contribution in [0.2, 0.25) is 0 Å². The molecule has 0 fully saturated rings. The maximum atomic E-state index is 13.4. The number of rotatable bonds is 1. The first-order chi connectivity index (χ1) is 12.1. The van der Waals surface area contributed by atoms with Crippen molar-refractivity contribution >= 4 is 43.6 Å². The highest BCUT2D eigenvalue weighted by molar-refractivity contribution is 7.21. The fourth-order valence-electron chi connectivity index (χ4n) is 3.35. The molecule has 0 amide bonds. The van der Waals surface area contributed by atoms with Gasteiger partial charge >= 0.3 is 0 Å². The van der Waals surface area contributed by atoms with Crippen LogP contribution in [0.1, 0.15) is 5.56 Å². The summed E-state index contributed by atoms with van der Waals surface area (Å²) in [6.45, 7) is 2.07. The smallest absolute Gasteiger partial charge is 0.270 e. The van der Waals surface area contributed by atoms with E-state index in [0.717, 1.165) is 27.5 Å². The maximum absolute atomic E-state index is 13.4. The second kappa shape index (κ2) is 5.10. The van der Waals surface area contributed by atoms with Crippen LogP contribution in [0.3, 0.4) is 0 Å². The number of fused-ring (bicyclic) bond motifs is 4. The number of hydrogen-bond donors (Lipinski definition) is 0. The molecule has 5 aromatic rings. The Balaban J connectivity index is 1.84. The number of benzene rings is 2. The Hall–Kier alpha value is -2.79. The van der Waals surface area contributed by atoms with Crippen LogP contribution in [0.25, 0.3) is 42.9 Å². The molecule has 0 N–H and O–H groups in total. The van der Waals surface area contributed by atoms with E-state index in [0.29, 0.717) is 5.71 Å². The van der Waals surface area contributed by atoms with Crippen LogP contribution < -0.4 is 4.57 Å². The summed E-state index contributed by atoms with van der Waals surface area (Å²) in [5.74, 6) is -0.528. The zero-order valence-electron chi connectivity index (χ0n) is 13.7. The lowest BCUT2D eigenvalue weighted by molar-refractivity contribution is -0.629. The highest BCUT2D eigenvalue weighted by atomic mass is 32.1. The van der Waals surface area contributed by atoms with E-state index in [2.05, 4.69) is 53.9 Å². The van der Waals surface area contributed by atoms with Gasteiger partial charge in [0.2, 0.25) is 17.2 Å². The maximum Gasteiger partial charge on any atom is 0.270 e. The Kier molecular flexibility index (Phi) is 2.97. The van der Waals surface area contributed by atoms with Crippen LogP contribution >= 0.6 is 11.3 Å². The fraction of sp³-hybridized carbons (Fsp3) is 0.100. The minimum Gasteiger partial charge on any atom is -0.438 e. The topological polar surface area (TPSA) is 29.9 Å². The lowest BCUT2D eigenvalue weighted by Crippen LogP contribution is -2.28. The second-order valence-electron chi connectivity index (χ2n) is 6.19. The number of furan rings is 1. The average molecular weight is 349 g/mol. The summed E-state index contributed by atoms with van der Waals surface area (Å²) < 4.78 is 22.6. The summed E-state index contributed by atoms with van der Waals surface area (Å²) in [6.07, 6.45) is 0. The number of hydrogen-bond acceptors (Lipinski definition) is 3. The average Bonchev–Trinajstić information content (AvgIpc) is 3.11. The van der Waals surface area contributed by atoms with Gasteiger partial charge in [0.15, 0.2) is 0 Å². The molecule has 122 valence electrons. The van der Waals surface area contributed by atoms with Crippen molar-refractivity contribution in [1.82, 2.24) is 4.98 Å². The summed E-state index contributed by atoms with van der Waals surface area (Å²) in [5, 5.41) is 2.98. The Labute approximate surface area is 147 Å². The molecule has 5 rings (SSSR count). The Bertz CT molecular complexity index is 1290. The molecule has 0 saturated heterocycles. The monoisotopic (exact) mass is 349 g/mol. The van der Waals surface area contributed by atoms with Gasteiger partial charge in [-0.25, -0.2) is 0 Å². The van der Waals surface area contributed by atoms with E-state index in [1.54, 1.807) is 17.4 Å². The van der Waals surface area contributed by atoms with Gasteiger partial charge in [-0.15, -0.1) is 0 Å². The lowest BCUT2D eigenvalue weighted by Gasteiger charge is -2.01. The molecule has 0 aliphatic carbocycles. The van der Waals surface area contributed by atoms with Gasteiger partial charge in [-0.3, -0.25) is 0 Å². The van der Waals surface area contributed by atoms with Gasteiger partial charge in [0, 0.05) is 16.8 Å². The molecule has 0 spiro atoms. The molecule has 0 unspecified atom stereocenters. The minimum absolute atomic E-state index is 0.340. The first kappa shape index (κ1) is 14.5. The molecule has 25 heavy (non-hydrogen) atoms. The molecular formula is C20H14FN2OS+. The van der Waals surface area contributed by atoms with Crippen molar-refractivity contribution in [3.63, 3.8) is 0 Å². The molecule has 0 radical (unpaired) electrons. The van der Waals surface area contributed by atoms with Gasteiger partial charge in [0.25, 0.3) is 5.01 Å². The van der Waals surface area contributed by atoms with Crippen molar-refractivity contribution in [3.05, 3.63) is 60.0 Å². The van der Waals surface area contributed by atoms with Gasteiger partial charge in [-0.2, -0.15) is 13.9 Å². The predicted octanol–water partition coefficient (Wildman–Crippen LogP) is 5.13. The number of aryl methyl sites for hydroxylation is 2. The Morgan fingerprint density at radius 2 is 1.92 bits per heavy atom. The van der Waals surface area contributed by atoms with Crippen molar-refractivity contribution in [1.29, 1.82) is 0 Å². The number of pyridine rings is 1. The van der Waals surface area contributed by atoms with E-state index >= 15 is 0 Å². The van der Waals surface area contributed by atoms with Crippen molar-refractivity contribution < 1.29 is 13.4 Å². The van der Waals surface area contributed by atoms with E-state index < -0.39 is 5.95 Å². The Morgan fingerprint density at radius 3 is 2.76 bits per heavy atom. The van der Waals surface area contributed by atoms with Gasteiger partial charge in [-0.1, -0.05) is 23.5 Å². The summed E-state index contributed by atoms with van der Waals surface area (Å²) >= 11 is 1.77. The lowest BCUT2D eigenvalue weighted by atomic mass is 10.1. The van der Waals surface area contributed by atoms with Gasteiger partial charge in [0.1, 0.15) is 17.3 Å². The van der Waals surface area contributed by atoms with Crippen LogP contribution in [-0.4, -0.2) is 4.98 Å². The third-order valence-electron chi connectivity index (χ3n) is 4.62.